The fourth-order valence-electron chi connectivity index (χ4n) is 2.56. The molecule has 0 aliphatic carbocycles. The van der Waals surface area contributed by atoms with Crippen molar-refractivity contribution in [2.45, 2.75) is 38.8 Å². The van der Waals surface area contributed by atoms with Crippen LogP contribution < -0.4 is 10.6 Å². The summed E-state index contributed by atoms with van der Waals surface area (Å²) in [5, 5.41) is 5.66. The Hall–Kier alpha value is -3.16. The van der Waals surface area contributed by atoms with E-state index in [9.17, 15) is 9.59 Å². The fraction of sp³-hybridized carbons (Fsp3) is 0.455. The molecule has 1 aromatic rings. The van der Waals surface area contributed by atoms with Gasteiger partial charge in [-0.3, -0.25) is 0 Å². The smallest absolute Gasteiger partial charge is 0.407 e. The molecule has 0 saturated carbocycles. The van der Waals surface area contributed by atoms with Crippen molar-refractivity contribution in [3.8, 4) is 0 Å². The van der Waals surface area contributed by atoms with Crippen molar-refractivity contribution in [2.24, 2.45) is 0 Å². The lowest BCUT2D eigenvalue weighted by Crippen LogP contribution is -2.43. The van der Waals surface area contributed by atoms with E-state index >= 15 is 0 Å². The minimum atomic E-state index is -0.703. The van der Waals surface area contributed by atoms with Gasteiger partial charge in [-0.15, -0.1) is 0 Å². The first kappa shape index (κ1) is 24.9. The third kappa shape index (κ3) is 8.46. The molecule has 0 radical (unpaired) electrons. The Kier molecular flexibility index (Phi) is 9.74. The molecule has 8 nitrogen and oxygen atoms in total. The molecule has 166 valence electrons. The topological polar surface area (TPSA) is 95.1 Å². The lowest BCUT2D eigenvalue weighted by Gasteiger charge is -2.30. The van der Waals surface area contributed by atoms with Gasteiger partial charge in [0.05, 0.1) is 23.6 Å². The zero-order valence-corrected chi connectivity index (χ0v) is 18.2. The molecular formula is C22H32N2O6. The first-order valence-electron chi connectivity index (χ1n) is 9.58. The number of benzene rings is 1. The van der Waals surface area contributed by atoms with Gasteiger partial charge in [0, 0.05) is 0 Å². The van der Waals surface area contributed by atoms with Gasteiger partial charge in [-0.2, -0.15) is 0 Å². The van der Waals surface area contributed by atoms with E-state index < -0.39 is 23.3 Å². The molecule has 30 heavy (non-hydrogen) atoms. The minimum Gasteiger partial charge on any atom is -0.498 e. The Labute approximate surface area is 178 Å². The third-order valence-corrected chi connectivity index (χ3v) is 4.24. The lowest BCUT2D eigenvalue weighted by atomic mass is 9.87. The monoisotopic (exact) mass is 420 g/mol. The second-order valence-corrected chi connectivity index (χ2v) is 7.43. The highest BCUT2D eigenvalue weighted by molar-refractivity contribution is 5.69. The maximum atomic E-state index is 12.1. The van der Waals surface area contributed by atoms with Gasteiger partial charge in [0.1, 0.15) is 26.4 Å². The summed E-state index contributed by atoms with van der Waals surface area (Å²) in [7, 11) is 0. The van der Waals surface area contributed by atoms with Gasteiger partial charge in [0.25, 0.3) is 0 Å². The Morgan fingerprint density at radius 3 is 1.60 bits per heavy atom. The maximum Gasteiger partial charge on any atom is 0.407 e. The molecule has 0 heterocycles. The van der Waals surface area contributed by atoms with Crippen molar-refractivity contribution >= 4 is 12.2 Å². The molecule has 0 bridgehead atoms. The van der Waals surface area contributed by atoms with Crippen LogP contribution in [0.2, 0.25) is 0 Å². The zero-order chi connectivity index (χ0) is 22.6. The normalized spacial score (nSPS) is 11.1. The van der Waals surface area contributed by atoms with Crippen molar-refractivity contribution in [3.63, 3.8) is 0 Å². The van der Waals surface area contributed by atoms with Gasteiger partial charge in [-0.25, -0.2) is 9.59 Å². The van der Waals surface area contributed by atoms with Crippen LogP contribution in [-0.2, 0) is 30.0 Å². The lowest BCUT2D eigenvalue weighted by molar-refractivity contribution is 0.106. The molecule has 0 unspecified atom stereocenters. The summed E-state index contributed by atoms with van der Waals surface area (Å²) >= 11 is 0. The Balaban J connectivity index is 2.76. The van der Waals surface area contributed by atoms with Crippen LogP contribution in [0.15, 0.2) is 49.9 Å². The Bertz CT molecular complexity index is 673. The predicted octanol–water partition coefficient (Wildman–Crippen LogP) is 3.93. The van der Waals surface area contributed by atoms with Crippen LogP contribution in [-0.4, -0.2) is 38.6 Å². The van der Waals surface area contributed by atoms with Gasteiger partial charge in [-0.1, -0.05) is 37.4 Å². The van der Waals surface area contributed by atoms with E-state index in [1.54, 1.807) is 0 Å². The van der Waals surface area contributed by atoms with Crippen LogP contribution in [0.25, 0.3) is 0 Å². The molecule has 0 aliphatic heterocycles. The molecule has 0 aromatic heterocycles. The second-order valence-electron chi connectivity index (χ2n) is 7.43. The number of alkyl carbamates (subject to hydrolysis) is 2. The average Bonchev–Trinajstić information content (AvgIpc) is 2.68. The number of rotatable bonds is 12. The van der Waals surface area contributed by atoms with Crippen LogP contribution in [0, 0.1) is 0 Å². The van der Waals surface area contributed by atoms with E-state index in [1.807, 2.05) is 52.0 Å². The van der Waals surface area contributed by atoms with Gasteiger partial charge in [0.2, 0.25) is 0 Å². The van der Waals surface area contributed by atoms with Gasteiger partial charge >= 0.3 is 12.2 Å². The summed E-state index contributed by atoms with van der Waals surface area (Å²) in [5.74, 6) is 0. The van der Waals surface area contributed by atoms with E-state index in [0.29, 0.717) is 0 Å². The zero-order valence-electron chi connectivity index (χ0n) is 18.2. The summed E-state index contributed by atoms with van der Waals surface area (Å²) in [6.07, 6.45) is 1.47. The largest absolute Gasteiger partial charge is 0.498 e. The molecule has 0 atom stereocenters. The van der Waals surface area contributed by atoms with E-state index in [4.69, 9.17) is 18.9 Å². The number of amides is 2. The Morgan fingerprint density at radius 2 is 1.23 bits per heavy atom. The molecule has 0 fully saturated rings. The summed E-state index contributed by atoms with van der Waals surface area (Å²) < 4.78 is 20.0. The van der Waals surface area contributed by atoms with E-state index in [0.717, 1.165) is 11.1 Å². The highest BCUT2D eigenvalue weighted by Crippen LogP contribution is 2.26. The van der Waals surface area contributed by atoms with Crippen molar-refractivity contribution in [2.75, 3.05) is 26.4 Å². The first-order valence-corrected chi connectivity index (χ1v) is 9.58. The fourth-order valence-corrected chi connectivity index (χ4v) is 2.56. The van der Waals surface area contributed by atoms with Crippen LogP contribution in [0.1, 0.15) is 38.8 Å². The van der Waals surface area contributed by atoms with Crippen molar-refractivity contribution in [3.05, 3.63) is 61.1 Å². The average molecular weight is 421 g/mol. The molecule has 1 aromatic carbocycles. The number of hydrogen-bond acceptors (Lipinski definition) is 6. The molecule has 0 spiro atoms. The van der Waals surface area contributed by atoms with Crippen molar-refractivity contribution in [1.82, 2.24) is 10.6 Å². The second kappa shape index (κ2) is 11.7. The van der Waals surface area contributed by atoms with E-state index in [-0.39, 0.29) is 26.4 Å². The molecule has 2 amide bonds. The number of hydrogen-bond donors (Lipinski definition) is 2. The highest BCUT2D eigenvalue weighted by Gasteiger charge is 2.28. The summed E-state index contributed by atoms with van der Waals surface area (Å²) in [5.41, 5.74) is 0.291. The van der Waals surface area contributed by atoms with Gasteiger partial charge in [-0.05, 0) is 38.8 Å². The highest BCUT2D eigenvalue weighted by atomic mass is 16.6. The first-order chi connectivity index (χ1) is 14.1. The molecule has 8 heteroatoms. The number of carbonyl (C=O) groups is 2. The molecule has 1 rings (SSSR count). The number of ether oxygens (including phenoxy) is 4. The summed E-state index contributed by atoms with van der Waals surface area (Å²) in [6, 6.07) is 7.57. The number of nitrogens with one attached hydrogen (secondary N) is 2. The quantitative estimate of drug-likeness (QED) is 0.393. The van der Waals surface area contributed by atoms with Crippen LogP contribution in [0.4, 0.5) is 9.59 Å². The maximum absolute atomic E-state index is 12.1. The van der Waals surface area contributed by atoms with Gasteiger partial charge in [0.15, 0.2) is 0 Å². The van der Waals surface area contributed by atoms with Crippen LogP contribution in [0.5, 0.6) is 0 Å². The Morgan fingerprint density at radius 1 is 0.833 bits per heavy atom. The van der Waals surface area contributed by atoms with Crippen LogP contribution in [0.3, 0.4) is 0 Å². The summed E-state index contributed by atoms with van der Waals surface area (Å²) in [6.45, 7) is 15.0. The standard InChI is InChI=1S/C22H32N2O6/c1-7-27-12-14-29-19(25)23-21(3,4)17-10-9-11-18(16-17)22(5,6)24-20(26)30-15-13-28-8-2/h7-11,16H,1-2,12-15H2,3-6H3,(H,23,25)(H,24,26). The van der Waals surface area contributed by atoms with E-state index in [2.05, 4.69) is 23.8 Å². The van der Waals surface area contributed by atoms with Crippen molar-refractivity contribution < 1.29 is 28.5 Å². The van der Waals surface area contributed by atoms with E-state index in [1.165, 1.54) is 12.5 Å². The molecular weight excluding hydrogens is 388 g/mol. The SMILES string of the molecule is C=COCCOC(=O)NC(C)(C)c1cccc(C(C)(C)NC(=O)OCCOC=C)c1. The molecule has 2 N–H and O–H groups in total. The molecule has 0 saturated heterocycles. The van der Waals surface area contributed by atoms with Gasteiger partial charge < -0.3 is 29.6 Å². The summed E-state index contributed by atoms with van der Waals surface area (Å²) in [4.78, 5) is 24.1. The third-order valence-electron chi connectivity index (χ3n) is 4.24. The number of carbonyl (C=O) groups excluding carboxylic acids is 2. The van der Waals surface area contributed by atoms with Crippen molar-refractivity contribution in [1.29, 1.82) is 0 Å². The minimum absolute atomic E-state index is 0.116. The predicted molar refractivity (Wildman–Crippen MR) is 114 cm³/mol. The molecule has 0 aliphatic rings. The van der Waals surface area contributed by atoms with Crippen LogP contribution >= 0.6 is 0 Å².